The van der Waals surface area contributed by atoms with E-state index in [0.717, 1.165) is 9.26 Å². The summed E-state index contributed by atoms with van der Waals surface area (Å²) < 4.78 is 1.12. The van der Waals surface area contributed by atoms with Crippen molar-refractivity contribution in [3.63, 3.8) is 0 Å². The van der Waals surface area contributed by atoms with Crippen LogP contribution in [0.5, 0.6) is 0 Å². The Bertz CT molecular complexity index is 485. The fourth-order valence-electron chi connectivity index (χ4n) is 2.18. The minimum absolute atomic E-state index is 0.0674. The monoisotopic (exact) mass is 372 g/mol. The lowest BCUT2D eigenvalue weighted by atomic mass is 10.1. The van der Waals surface area contributed by atoms with Crippen LogP contribution in [0.2, 0.25) is 0 Å². The van der Waals surface area contributed by atoms with Gasteiger partial charge in [0.15, 0.2) is 0 Å². The van der Waals surface area contributed by atoms with Gasteiger partial charge in [-0.25, -0.2) is 0 Å². The van der Waals surface area contributed by atoms with Crippen molar-refractivity contribution >= 4 is 40.1 Å². The molecule has 1 saturated heterocycles. The Labute approximate surface area is 126 Å². The molecule has 1 N–H and O–H groups in total. The summed E-state index contributed by atoms with van der Waals surface area (Å²) in [4.78, 5) is 25.7. The van der Waals surface area contributed by atoms with Gasteiger partial charge >= 0.3 is 0 Å². The number of amides is 2. The van der Waals surface area contributed by atoms with Crippen molar-refractivity contribution in [2.75, 3.05) is 11.9 Å². The highest BCUT2D eigenvalue weighted by atomic mass is 127. The Balaban J connectivity index is 1.98. The van der Waals surface area contributed by atoms with Gasteiger partial charge in [0.05, 0.1) is 5.92 Å². The quantitative estimate of drug-likeness (QED) is 0.829. The predicted octanol–water partition coefficient (Wildman–Crippen LogP) is 2.49. The van der Waals surface area contributed by atoms with Crippen LogP contribution in [0.4, 0.5) is 5.69 Å². The van der Waals surface area contributed by atoms with Gasteiger partial charge in [-0.2, -0.15) is 0 Å². The van der Waals surface area contributed by atoms with Crippen molar-refractivity contribution in [2.24, 2.45) is 5.92 Å². The molecule has 0 aromatic heterocycles. The average Bonchev–Trinajstić information content (AvgIpc) is 2.74. The number of likely N-dealkylation sites (tertiary alicyclic amines) is 1. The van der Waals surface area contributed by atoms with Crippen molar-refractivity contribution in [1.82, 2.24) is 4.90 Å². The molecule has 1 aromatic carbocycles. The number of benzene rings is 1. The van der Waals surface area contributed by atoms with E-state index in [1.54, 1.807) is 4.90 Å². The second-order valence-electron chi connectivity index (χ2n) is 5.04. The molecule has 19 heavy (non-hydrogen) atoms. The molecule has 0 aliphatic carbocycles. The zero-order chi connectivity index (χ0) is 14.0. The summed E-state index contributed by atoms with van der Waals surface area (Å²) in [5.41, 5.74) is 0.779. The molecule has 0 saturated carbocycles. The molecular weight excluding hydrogens is 355 g/mol. The molecular formula is C14H17IN2O2. The second-order valence-corrected chi connectivity index (χ2v) is 6.28. The topological polar surface area (TPSA) is 49.4 Å². The van der Waals surface area contributed by atoms with Gasteiger partial charge in [-0.15, -0.1) is 0 Å². The Morgan fingerprint density at radius 3 is 2.53 bits per heavy atom. The maximum absolute atomic E-state index is 12.1. The zero-order valence-corrected chi connectivity index (χ0v) is 13.2. The van der Waals surface area contributed by atoms with E-state index >= 15 is 0 Å². The summed E-state index contributed by atoms with van der Waals surface area (Å²) in [7, 11) is 0. The van der Waals surface area contributed by atoms with Crippen molar-refractivity contribution in [3.05, 3.63) is 27.8 Å². The van der Waals surface area contributed by atoms with E-state index in [-0.39, 0.29) is 23.8 Å². The fraction of sp³-hybridized carbons (Fsp3) is 0.429. The van der Waals surface area contributed by atoms with E-state index in [1.807, 2.05) is 38.1 Å². The first-order valence-electron chi connectivity index (χ1n) is 6.33. The summed E-state index contributed by atoms with van der Waals surface area (Å²) in [5, 5.41) is 2.87. The number of carbonyl (C=O) groups excluding carboxylic acids is 2. The van der Waals surface area contributed by atoms with Crippen LogP contribution < -0.4 is 5.32 Å². The molecule has 1 aliphatic heterocycles. The maximum atomic E-state index is 12.1. The van der Waals surface area contributed by atoms with Crippen molar-refractivity contribution in [1.29, 1.82) is 0 Å². The van der Waals surface area contributed by atoms with Gasteiger partial charge in [-0.3, -0.25) is 9.59 Å². The van der Waals surface area contributed by atoms with E-state index in [2.05, 4.69) is 27.9 Å². The fourth-order valence-corrected chi connectivity index (χ4v) is 2.54. The van der Waals surface area contributed by atoms with Crippen LogP contribution in [0.15, 0.2) is 24.3 Å². The van der Waals surface area contributed by atoms with E-state index in [0.29, 0.717) is 13.0 Å². The van der Waals surface area contributed by atoms with Gasteiger partial charge in [0, 0.05) is 28.3 Å². The Morgan fingerprint density at radius 1 is 1.37 bits per heavy atom. The molecule has 1 heterocycles. The third kappa shape index (κ3) is 3.46. The van der Waals surface area contributed by atoms with Crippen LogP contribution in [0.1, 0.15) is 20.3 Å². The zero-order valence-electron chi connectivity index (χ0n) is 11.0. The van der Waals surface area contributed by atoms with Crippen molar-refractivity contribution < 1.29 is 9.59 Å². The molecule has 1 fully saturated rings. The number of nitrogens with one attached hydrogen (secondary N) is 1. The number of halogens is 1. The predicted molar refractivity (Wildman–Crippen MR) is 82.7 cm³/mol. The molecule has 1 atom stereocenters. The second kappa shape index (κ2) is 5.90. The van der Waals surface area contributed by atoms with Gasteiger partial charge in [0.2, 0.25) is 11.8 Å². The number of nitrogens with zero attached hydrogens (tertiary/aromatic N) is 1. The van der Waals surface area contributed by atoms with E-state index < -0.39 is 0 Å². The molecule has 0 unspecified atom stereocenters. The summed E-state index contributed by atoms with van der Waals surface area (Å²) in [6.07, 6.45) is 0.314. The molecule has 2 amide bonds. The largest absolute Gasteiger partial charge is 0.339 e. The van der Waals surface area contributed by atoms with Gasteiger partial charge in [-0.1, -0.05) is 0 Å². The molecule has 0 spiro atoms. The summed E-state index contributed by atoms with van der Waals surface area (Å²) in [5.74, 6) is -0.246. The van der Waals surface area contributed by atoms with Crippen LogP contribution in [0, 0.1) is 9.49 Å². The smallest absolute Gasteiger partial charge is 0.229 e. The molecule has 1 aromatic rings. The molecule has 5 heteroatoms. The van der Waals surface area contributed by atoms with Crippen LogP contribution in [-0.4, -0.2) is 29.3 Å². The number of hydrogen-bond donors (Lipinski definition) is 1. The standard InChI is InChI=1S/C14H17IN2O2/c1-9(2)17-8-10(7-13(17)18)14(19)16-12-5-3-11(15)4-6-12/h3-6,9-10H,7-8H2,1-2H3,(H,16,19)/t10-/m1/s1. The maximum Gasteiger partial charge on any atom is 0.229 e. The van der Waals surface area contributed by atoms with E-state index in [4.69, 9.17) is 0 Å². The molecule has 0 radical (unpaired) electrons. The van der Waals surface area contributed by atoms with Crippen LogP contribution >= 0.6 is 22.6 Å². The number of anilines is 1. The van der Waals surface area contributed by atoms with Crippen molar-refractivity contribution in [3.8, 4) is 0 Å². The van der Waals surface area contributed by atoms with Crippen molar-refractivity contribution in [2.45, 2.75) is 26.3 Å². The van der Waals surface area contributed by atoms with Gasteiger partial charge in [0.1, 0.15) is 0 Å². The third-order valence-electron chi connectivity index (χ3n) is 3.26. The van der Waals surface area contributed by atoms with Crippen LogP contribution in [0.3, 0.4) is 0 Å². The molecule has 0 bridgehead atoms. The van der Waals surface area contributed by atoms with Crippen LogP contribution in [0.25, 0.3) is 0 Å². The Hall–Kier alpha value is -1.11. The first kappa shape index (κ1) is 14.3. The third-order valence-corrected chi connectivity index (χ3v) is 3.98. The minimum Gasteiger partial charge on any atom is -0.339 e. The summed E-state index contributed by atoms with van der Waals surface area (Å²) in [6.45, 7) is 4.46. The summed E-state index contributed by atoms with van der Waals surface area (Å²) in [6, 6.07) is 7.78. The molecule has 2 rings (SSSR count). The average molecular weight is 372 g/mol. The Morgan fingerprint density at radius 2 is 2.00 bits per heavy atom. The lowest BCUT2D eigenvalue weighted by Gasteiger charge is -2.20. The molecule has 4 nitrogen and oxygen atoms in total. The SMILES string of the molecule is CC(C)N1C[C@H](C(=O)Nc2ccc(I)cc2)CC1=O. The van der Waals surface area contributed by atoms with Gasteiger partial charge in [0.25, 0.3) is 0 Å². The number of rotatable bonds is 3. The molecule has 1 aliphatic rings. The number of carbonyl (C=O) groups is 2. The lowest BCUT2D eigenvalue weighted by molar-refractivity contribution is -0.129. The first-order valence-corrected chi connectivity index (χ1v) is 7.41. The highest BCUT2D eigenvalue weighted by Crippen LogP contribution is 2.22. The molecule has 102 valence electrons. The van der Waals surface area contributed by atoms with Crippen LogP contribution in [-0.2, 0) is 9.59 Å². The van der Waals surface area contributed by atoms with Gasteiger partial charge < -0.3 is 10.2 Å². The van der Waals surface area contributed by atoms with Gasteiger partial charge in [-0.05, 0) is 60.7 Å². The summed E-state index contributed by atoms with van der Waals surface area (Å²) >= 11 is 2.22. The normalized spacial score (nSPS) is 19.1. The number of hydrogen-bond acceptors (Lipinski definition) is 2. The minimum atomic E-state index is -0.242. The Kier molecular flexibility index (Phi) is 4.44. The highest BCUT2D eigenvalue weighted by Gasteiger charge is 2.35. The lowest BCUT2D eigenvalue weighted by Crippen LogP contribution is -2.33. The highest BCUT2D eigenvalue weighted by molar-refractivity contribution is 14.1. The first-order chi connectivity index (χ1) is 8.97. The van der Waals surface area contributed by atoms with E-state index in [1.165, 1.54) is 0 Å². The van der Waals surface area contributed by atoms with E-state index in [9.17, 15) is 9.59 Å².